The number of rotatable bonds is 3. The molecule has 0 rings (SSSR count). The lowest BCUT2D eigenvalue weighted by molar-refractivity contribution is -0.134. The van der Waals surface area contributed by atoms with Gasteiger partial charge in [-0.1, -0.05) is 0 Å². The fourth-order valence-corrected chi connectivity index (χ4v) is 0.250. The first-order valence-corrected chi connectivity index (χ1v) is 3.13. The summed E-state index contributed by atoms with van der Waals surface area (Å²) in [5.74, 6) is -0.833. The van der Waals surface area contributed by atoms with E-state index in [0.29, 0.717) is 0 Å². The van der Waals surface area contributed by atoms with Gasteiger partial charge >= 0.3 is 0 Å². The van der Waals surface area contributed by atoms with Crippen LogP contribution in [-0.2, 0) is 4.79 Å². The maximum absolute atomic E-state index is 9.00. The molecule has 3 N–H and O–H groups in total. The van der Waals surface area contributed by atoms with E-state index in [9.17, 15) is 0 Å². The molecule has 0 spiro atoms. The average Bonchev–Trinajstić information content (AvgIpc) is 1.82. The molecule has 0 radical (unpaired) electrons. The van der Waals surface area contributed by atoms with E-state index in [1.807, 2.05) is 14.1 Å². The van der Waals surface area contributed by atoms with E-state index in [0.717, 1.165) is 20.0 Å². The Labute approximate surface area is 61.6 Å². The third-order valence-electron chi connectivity index (χ3n) is 0.625. The van der Waals surface area contributed by atoms with Crippen LogP contribution in [0.4, 0.5) is 0 Å². The summed E-state index contributed by atoms with van der Waals surface area (Å²) in [6.07, 6.45) is 0. The van der Waals surface area contributed by atoms with Gasteiger partial charge in [0.1, 0.15) is 0 Å². The molecule has 0 aliphatic carbocycles. The van der Waals surface area contributed by atoms with Crippen molar-refractivity contribution in [3.05, 3.63) is 0 Å². The minimum atomic E-state index is -0.833. The third-order valence-corrected chi connectivity index (χ3v) is 0.625. The van der Waals surface area contributed by atoms with E-state index in [2.05, 4.69) is 10.6 Å². The van der Waals surface area contributed by atoms with Crippen molar-refractivity contribution in [2.24, 2.45) is 0 Å². The first kappa shape index (κ1) is 12.1. The maximum atomic E-state index is 9.00. The van der Waals surface area contributed by atoms with E-state index in [1.54, 1.807) is 0 Å². The zero-order valence-corrected chi connectivity index (χ0v) is 6.77. The van der Waals surface area contributed by atoms with Gasteiger partial charge in [0.15, 0.2) is 0 Å². The minimum Gasteiger partial charge on any atom is -0.481 e. The maximum Gasteiger partial charge on any atom is 0.300 e. The molecule has 0 aromatic rings. The Balaban J connectivity index is 0. The molecule has 0 fully saturated rings. The molecule has 0 unspecified atom stereocenters. The van der Waals surface area contributed by atoms with Crippen LogP contribution in [0.2, 0.25) is 0 Å². The molecular weight excluding hydrogens is 132 g/mol. The van der Waals surface area contributed by atoms with Crippen molar-refractivity contribution < 1.29 is 9.90 Å². The second kappa shape index (κ2) is 11.2. The number of carboxylic acid groups (broad SMARTS) is 1. The number of hydrogen-bond acceptors (Lipinski definition) is 3. The average molecular weight is 148 g/mol. The van der Waals surface area contributed by atoms with E-state index in [-0.39, 0.29) is 0 Å². The van der Waals surface area contributed by atoms with Gasteiger partial charge < -0.3 is 15.7 Å². The SMILES string of the molecule is CC(=O)O.CNCCNC. The number of likely N-dealkylation sites (N-methyl/N-ethyl adjacent to an activating group) is 2. The summed E-state index contributed by atoms with van der Waals surface area (Å²) in [5, 5.41) is 13.4. The number of aliphatic carboxylic acids is 1. The molecule has 10 heavy (non-hydrogen) atoms. The highest BCUT2D eigenvalue weighted by molar-refractivity contribution is 5.62. The predicted molar refractivity (Wildman–Crippen MR) is 41.2 cm³/mol. The monoisotopic (exact) mass is 148 g/mol. The van der Waals surface area contributed by atoms with Crippen LogP contribution in [0.1, 0.15) is 6.92 Å². The highest BCUT2D eigenvalue weighted by Gasteiger charge is 1.71. The smallest absolute Gasteiger partial charge is 0.300 e. The zero-order valence-electron chi connectivity index (χ0n) is 6.77. The van der Waals surface area contributed by atoms with Gasteiger partial charge in [0.2, 0.25) is 0 Å². The van der Waals surface area contributed by atoms with E-state index < -0.39 is 5.97 Å². The summed E-state index contributed by atoms with van der Waals surface area (Å²) in [6, 6.07) is 0. The van der Waals surface area contributed by atoms with Crippen LogP contribution in [0.25, 0.3) is 0 Å². The topological polar surface area (TPSA) is 61.4 Å². The Morgan fingerprint density at radius 2 is 1.50 bits per heavy atom. The van der Waals surface area contributed by atoms with Gasteiger partial charge in [0, 0.05) is 20.0 Å². The quantitative estimate of drug-likeness (QED) is 0.473. The summed E-state index contributed by atoms with van der Waals surface area (Å²) in [5.41, 5.74) is 0. The van der Waals surface area contributed by atoms with Crippen molar-refractivity contribution in [3.63, 3.8) is 0 Å². The first-order chi connectivity index (χ1) is 4.65. The fraction of sp³-hybridized carbons (Fsp3) is 0.833. The minimum absolute atomic E-state index is 0.833. The van der Waals surface area contributed by atoms with Gasteiger partial charge in [-0.25, -0.2) is 0 Å². The van der Waals surface area contributed by atoms with Crippen molar-refractivity contribution in [1.29, 1.82) is 0 Å². The second-order valence-electron chi connectivity index (χ2n) is 1.73. The Bertz CT molecular complexity index is 68.1. The van der Waals surface area contributed by atoms with Crippen LogP contribution in [0, 0.1) is 0 Å². The van der Waals surface area contributed by atoms with Crippen molar-refractivity contribution in [2.75, 3.05) is 27.2 Å². The van der Waals surface area contributed by atoms with Crippen molar-refractivity contribution in [2.45, 2.75) is 6.92 Å². The van der Waals surface area contributed by atoms with Crippen molar-refractivity contribution in [3.8, 4) is 0 Å². The van der Waals surface area contributed by atoms with Gasteiger partial charge in [-0.15, -0.1) is 0 Å². The van der Waals surface area contributed by atoms with Crippen molar-refractivity contribution in [1.82, 2.24) is 10.6 Å². The van der Waals surface area contributed by atoms with Crippen LogP contribution < -0.4 is 10.6 Å². The first-order valence-electron chi connectivity index (χ1n) is 3.13. The van der Waals surface area contributed by atoms with E-state index in [4.69, 9.17) is 9.90 Å². The summed E-state index contributed by atoms with van der Waals surface area (Å²) in [6.45, 7) is 3.19. The normalized spacial score (nSPS) is 7.90. The largest absolute Gasteiger partial charge is 0.481 e. The Hall–Kier alpha value is -0.610. The van der Waals surface area contributed by atoms with Crippen molar-refractivity contribution >= 4 is 5.97 Å². The number of carbonyl (C=O) groups is 1. The molecule has 0 atom stereocenters. The standard InChI is InChI=1S/C4H12N2.C2H4O2/c1-5-3-4-6-2;1-2(3)4/h5-6H,3-4H2,1-2H3;1H3,(H,3,4). The molecule has 0 aromatic carbocycles. The molecule has 0 saturated carbocycles. The Kier molecular flexibility index (Phi) is 13.6. The van der Waals surface area contributed by atoms with Crippen LogP contribution in [0.15, 0.2) is 0 Å². The third kappa shape index (κ3) is 52.8. The highest BCUT2D eigenvalue weighted by Crippen LogP contribution is 1.45. The van der Waals surface area contributed by atoms with Crippen LogP contribution in [0.5, 0.6) is 0 Å². The summed E-state index contributed by atoms with van der Waals surface area (Å²) in [4.78, 5) is 9.00. The molecule has 0 amide bonds. The summed E-state index contributed by atoms with van der Waals surface area (Å²) in [7, 11) is 3.88. The van der Waals surface area contributed by atoms with Gasteiger partial charge in [-0.05, 0) is 14.1 Å². The molecule has 0 heterocycles. The molecule has 0 saturated heterocycles. The molecule has 4 heteroatoms. The molecule has 4 nitrogen and oxygen atoms in total. The molecular formula is C6H16N2O2. The van der Waals surface area contributed by atoms with Crippen LogP contribution in [0.3, 0.4) is 0 Å². The van der Waals surface area contributed by atoms with Crippen LogP contribution >= 0.6 is 0 Å². The predicted octanol–water partition coefficient (Wildman–Crippen LogP) is -0.484. The summed E-state index contributed by atoms with van der Waals surface area (Å²) < 4.78 is 0. The number of hydrogen-bond donors (Lipinski definition) is 3. The lowest BCUT2D eigenvalue weighted by atomic mass is 10.6. The Morgan fingerprint density at radius 3 is 1.60 bits per heavy atom. The number of nitrogens with one attached hydrogen (secondary N) is 2. The molecule has 0 aliphatic rings. The van der Waals surface area contributed by atoms with Gasteiger partial charge in [0.05, 0.1) is 0 Å². The Morgan fingerprint density at radius 1 is 1.30 bits per heavy atom. The molecule has 62 valence electrons. The molecule has 0 bridgehead atoms. The second-order valence-corrected chi connectivity index (χ2v) is 1.73. The molecule has 0 aromatic heterocycles. The molecule has 0 aliphatic heterocycles. The zero-order chi connectivity index (χ0) is 8.41. The highest BCUT2D eigenvalue weighted by atomic mass is 16.4. The lowest BCUT2D eigenvalue weighted by Crippen LogP contribution is -2.21. The van der Waals surface area contributed by atoms with E-state index >= 15 is 0 Å². The van der Waals surface area contributed by atoms with Gasteiger partial charge in [-0.3, -0.25) is 4.79 Å². The van der Waals surface area contributed by atoms with E-state index in [1.165, 1.54) is 0 Å². The van der Waals surface area contributed by atoms with Gasteiger partial charge in [0.25, 0.3) is 5.97 Å². The van der Waals surface area contributed by atoms with Crippen LogP contribution in [-0.4, -0.2) is 38.3 Å². The number of carboxylic acids is 1. The lowest BCUT2D eigenvalue weighted by Gasteiger charge is -1.92. The van der Waals surface area contributed by atoms with Gasteiger partial charge in [-0.2, -0.15) is 0 Å². The fourth-order valence-electron chi connectivity index (χ4n) is 0.250. The summed E-state index contributed by atoms with van der Waals surface area (Å²) >= 11 is 0.